The van der Waals surface area contributed by atoms with Gasteiger partial charge < -0.3 is 26.0 Å². The van der Waals surface area contributed by atoms with Crippen LogP contribution in [0.25, 0.3) is 10.2 Å². The average Bonchev–Trinajstić information content (AvgIpc) is 3.52. The Morgan fingerprint density at radius 1 is 1.17 bits per heavy atom. The number of aromatic amines is 1. The van der Waals surface area contributed by atoms with Gasteiger partial charge in [-0.3, -0.25) is 9.59 Å². The van der Waals surface area contributed by atoms with Crippen LogP contribution in [-0.2, 0) is 17.6 Å². The van der Waals surface area contributed by atoms with E-state index in [1.807, 2.05) is 35.2 Å². The normalized spacial score (nSPS) is 14.9. The zero-order valence-electron chi connectivity index (χ0n) is 20.5. The number of nitrogens with one attached hydrogen (secondary N) is 2. The molecule has 1 saturated carbocycles. The molecule has 0 saturated heterocycles. The van der Waals surface area contributed by atoms with Crippen molar-refractivity contribution in [1.29, 1.82) is 0 Å². The van der Waals surface area contributed by atoms with Crippen LogP contribution in [0.4, 0.5) is 0 Å². The fraction of sp³-hybridized carbons (Fsp3) is 0.481. The van der Waals surface area contributed by atoms with E-state index in [-0.39, 0.29) is 22.6 Å². The van der Waals surface area contributed by atoms with Gasteiger partial charge in [0, 0.05) is 36.6 Å². The molecule has 9 heteroatoms. The number of halogens is 1. The number of H-pyrrole nitrogens is 1. The second-order valence-electron chi connectivity index (χ2n) is 9.58. The lowest BCUT2D eigenvalue weighted by Crippen LogP contribution is -2.45. The van der Waals surface area contributed by atoms with Crippen molar-refractivity contribution >= 4 is 39.1 Å². The molecule has 1 unspecified atom stereocenters. The molecule has 7 nitrogen and oxygen atoms in total. The van der Waals surface area contributed by atoms with Crippen molar-refractivity contribution in [3.05, 3.63) is 62.2 Å². The maximum absolute atomic E-state index is 13.2. The number of carbonyl (C=O) groups excluding carboxylic acids is 1. The van der Waals surface area contributed by atoms with E-state index in [4.69, 9.17) is 17.3 Å². The van der Waals surface area contributed by atoms with E-state index >= 15 is 0 Å². The van der Waals surface area contributed by atoms with Crippen molar-refractivity contribution in [1.82, 2.24) is 15.2 Å². The Hall–Kier alpha value is -2.39. The van der Waals surface area contributed by atoms with E-state index in [2.05, 4.69) is 10.3 Å². The Bertz CT molecular complexity index is 1220. The van der Waals surface area contributed by atoms with Gasteiger partial charge in [0.05, 0.1) is 4.70 Å². The molecule has 1 amide bonds. The smallest absolute Gasteiger partial charge is 0.305 e. The fourth-order valence-electron chi connectivity index (χ4n) is 5.03. The van der Waals surface area contributed by atoms with Gasteiger partial charge in [0.15, 0.2) is 0 Å². The van der Waals surface area contributed by atoms with Crippen molar-refractivity contribution in [2.24, 2.45) is 5.73 Å². The summed E-state index contributed by atoms with van der Waals surface area (Å²) in [5.74, 6) is 0.226. The van der Waals surface area contributed by atoms with E-state index in [9.17, 15) is 14.7 Å². The molecule has 36 heavy (non-hydrogen) atoms. The molecule has 2 aromatic carbocycles. The van der Waals surface area contributed by atoms with Crippen LogP contribution in [0.1, 0.15) is 49.7 Å². The average molecular weight is 531 g/mol. The summed E-state index contributed by atoms with van der Waals surface area (Å²) >= 11 is 7.38. The van der Waals surface area contributed by atoms with Gasteiger partial charge in [-0.1, -0.05) is 60.0 Å². The number of rotatable bonds is 12. The second-order valence-corrected chi connectivity index (χ2v) is 11.0. The number of benzene rings is 2. The molecule has 1 fully saturated rings. The molecular formula is C27H35ClN4O3S. The number of nitrogens with zero attached hydrogens (tertiary/aromatic N) is 1. The molecule has 1 heterocycles. The first kappa shape index (κ1) is 26.7. The highest BCUT2D eigenvalue weighted by Crippen LogP contribution is 2.28. The Balaban J connectivity index is 1.26. The molecule has 0 radical (unpaired) electrons. The molecule has 3 aromatic rings. The molecule has 4 rings (SSSR count). The number of nitrogens with two attached hydrogens (primary N) is 1. The molecule has 0 spiro atoms. The lowest BCUT2D eigenvalue weighted by molar-refractivity contribution is -0.133. The number of phenols is 1. The monoisotopic (exact) mass is 530 g/mol. The van der Waals surface area contributed by atoms with Crippen LogP contribution >= 0.6 is 22.9 Å². The van der Waals surface area contributed by atoms with Gasteiger partial charge in [-0.15, -0.1) is 0 Å². The van der Waals surface area contributed by atoms with E-state index in [0.717, 1.165) is 83.7 Å². The Labute approximate surface area is 220 Å². The minimum Gasteiger partial charge on any atom is -0.506 e. The minimum absolute atomic E-state index is 0.0934. The van der Waals surface area contributed by atoms with Crippen LogP contribution in [0.5, 0.6) is 5.75 Å². The molecule has 1 aliphatic rings. The van der Waals surface area contributed by atoms with Crippen molar-refractivity contribution in [3.63, 3.8) is 0 Å². The number of amides is 1. The lowest BCUT2D eigenvalue weighted by atomic mass is 10.0. The third kappa shape index (κ3) is 6.88. The SMILES string of the molecule is NC(CCc1ccccc1Cl)CC(=O)N(CCNCCc1ccc(O)c2[nH]c(=O)sc12)C1CCCC1. The van der Waals surface area contributed by atoms with Gasteiger partial charge in [-0.05, 0) is 61.9 Å². The fourth-order valence-corrected chi connectivity index (χ4v) is 6.16. The maximum atomic E-state index is 13.2. The molecular weight excluding hydrogens is 496 g/mol. The van der Waals surface area contributed by atoms with E-state index in [1.165, 1.54) is 0 Å². The molecule has 1 atom stereocenters. The Morgan fingerprint density at radius 3 is 2.72 bits per heavy atom. The summed E-state index contributed by atoms with van der Waals surface area (Å²) in [6.45, 7) is 2.07. The van der Waals surface area contributed by atoms with E-state index in [0.29, 0.717) is 31.1 Å². The summed E-state index contributed by atoms with van der Waals surface area (Å²) in [6, 6.07) is 11.4. The third-order valence-electron chi connectivity index (χ3n) is 7.00. The van der Waals surface area contributed by atoms with Gasteiger partial charge in [0.1, 0.15) is 11.3 Å². The lowest BCUT2D eigenvalue weighted by Gasteiger charge is -2.30. The highest BCUT2D eigenvalue weighted by Gasteiger charge is 2.27. The third-order valence-corrected chi connectivity index (χ3v) is 8.33. The highest BCUT2D eigenvalue weighted by molar-refractivity contribution is 7.16. The van der Waals surface area contributed by atoms with Crippen LogP contribution in [0, 0.1) is 0 Å². The molecule has 1 aromatic heterocycles. The van der Waals surface area contributed by atoms with Crippen LogP contribution < -0.4 is 15.9 Å². The number of aryl methyl sites for hydroxylation is 1. The number of phenolic OH excluding ortho intramolecular Hbond substituents is 1. The summed E-state index contributed by atoms with van der Waals surface area (Å²) in [6.07, 6.45) is 7.00. The number of aromatic nitrogens is 1. The van der Waals surface area contributed by atoms with Gasteiger partial charge in [-0.25, -0.2) is 0 Å². The molecule has 5 N–H and O–H groups in total. The van der Waals surface area contributed by atoms with E-state index < -0.39 is 0 Å². The quantitative estimate of drug-likeness (QED) is 0.262. The summed E-state index contributed by atoms with van der Waals surface area (Å²) in [5.41, 5.74) is 8.95. The number of fused-ring (bicyclic) bond motifs is 1. The summed E-state index contributed by atoms with van der Waals surface area (Å²) < 4.78 is 0.801. The van der Waals surface area contributed by atoms with Crippen LogP contribution in [-0.4, -0.2) is 52.6 Å². The number of aromatic hydroxyl groups is 1. The first-order valence-electron chi connectivity index (χ1n) is 12.7. The Kier molecular flexibility index (Phi) is 9.42. The van der Waals surface area contributed by atoms with Crippen LogP contribution in [0.15, 0.2) is 41.2 Å². The van der Waals surface area contributed by atoms with Gasteiger partial charge in [-0.2, -0.15) is 0 Å². The molecule has 0 bridgehead atoms. The predicted molar refractivity (Wildman–Crippen MR) is 147 cm³/mol. The number of hydrogen-bond donors (Lipinski definition) is 4. The predicted octanol–water partition coefficient (Wildman–Crippen LogP) is 4.20. The van der Waals surface area contributed by atoms with Crippen molar-refractivity contribution in [2.75, 3.05) is 19.6 Å². The van der Waals surface area contributed by atoms with Crippen molar-refractivity contribution in [3.8, 4) is 5.75 Å². The van der Waals surface area contributed by atoms with Gasteiger partial charge in [0.2, 0.25) is 5.91 Å². The summed E-state index contributed by atoms with van der Waals surface area (Å²) in [5, 5.41) is 14.2. The number of thiazole rings is 1. The zero-order valence-corrected chi connectivity index (χ0v) is 22.0. The second kappa shape index (κ2) is 12.7. The Morgan fingerprint density at radius 2 is 1.94 bits per heavy atom. The zero-order chi connectivity index (χ0) is 25.5. The first-order chi connectivity index (χ1) is 17.4. The topological polar surface area (TPSA) is 111 Å². The summed E-state index contributed by atoms with van der Waals surface area (Å²) in [7, 11) is 0. The van der Waals surface area contributed by atoms with Gasteiger partial charge >= 0.3 is 4.87 Å². The van der Waals surface area contributed by atoms with Crippen molar-refractivity contribution in [2.45, 2.75) is 63.5 Å². The van der Waals surface area contributed by atoms with Crippen molar-refractivity contribution < 1.29 is 9.90 Å². The highest BCUT2D eigenvalue weighted by atomic mass is 35.5. The molecule has 0 aliphatic heterocycles. The van der Waals surface area contributed by atoms with Gasteiger partial charge in [0.25, 0.3) is 0 Å². The van der Waals surface area contributed by atoms with Crippen LogP contribution in [0.3, 0.4) is 0 Å². The van der Waals surface area contributed by atoms with Crippen LogP contribution in [0.2, 0.25) is 5.02 Å². The maximum Gasteiger partial charge on any atom is 0.305 e. The standard InChI is InChI=1S/C27H35ClN4O3S/c28-22-8-4-1-5-18(22)9-11-20(29)17-24(34)32(21-6-2-3-7-21)16-15-30-14-13-19-10-12-23(33)25-26(19)36-27(35)31-25/h1,4-5,8,10,12,20-21,30,33H,2-3,6-7,9,11,13-17,29H2,(H,31,35). The number of carbonyl (C=O) groups is 1. The molecule has 194 valence electrons. The minimum atomic E-state index is -0.198. The first-order valence-corrected chi connectivity index (χ1v) is 13.9. The number of hydrogen-bond acceptors (Lipinski definition) is 6. The largest absolute Gasteiger partial charge is 0.506 e. The van der Waals surface area contributed by atoms with E-state index in [1.54, 1.807) is 6.07 Å². The summed E-state index contributed by atoms with van der Waals surface area (Å²) in [4.78, 5) is 29.5. The molecule has 1 aliphatic carbocycles.